The van der Waals surface area contributed by atoms with Gasteiger partial charge in [-0.1, -0.05) is 36.4 Å². The summed E-state index contributed by atoms with van der Waals surface area (Å²) < 4.78 is 0. The molecule has 0 aliphatic rings. The first-order valence-corrected chi connectivity index (χ1v) is 8.02. The molecule has 1 aromatic heterocycles. The van der Waals surface area contributed by atoms with E-state index in [-0.39, 0.29) is 12.6 Å². The van der Waals surface area contributed by atoms with E-state index in [9.17, 15) is 9.90 Å². The number of anilines is 2. The van der Waals surface area contributed by atoms with E-state index < -0.39 is 6.10 Å². The van der Waals surface area contributed by atoms with Gasteiger partial charge in [0.1, 0.15) is 0 Å². The van der Waals surface area contributed by atoms with Crippen molar-refractivity contribution in [3.8, 4) is 0 Å². The van der Waals surface area contributed by atoms with Crippen molar-refractivity contribution in [3.63, 3.8) is 0 Å². The summed E-state index contributed by atoms with van der Waals surface area (Å²) in [6, 6.07) is 21.9. The van der Waals surface area contributed by atoms with Crippen LogP contribution in [-0.2, 0) is 0 Å². The Hall–Kier alpha value is -3.18. The highest BCUT2D eigenvalue weighted by atomic mass is 16.3. The van der Waals surface area contributed by atoms with Crippen LogP contribution in [0.3, 0.4) is 0 Å². The number of benzene rings is 2. The van der Waals surface area contributed by atoms with Crippen molar-refractivity contribution in [3.05, 3.63) is 90.8 Å². The number of nitrogens with one attached hydrogen (secondary N) is 1. The van der Waals surface area contributed by atoms with Gasteiger partial charge in [0.05, 0.1) is 17.5 Å². The molecule has 0 saturated heterocycles. The number of para-hydroxylation sites is 2. The lowest BCUT2D eigenvalue weighted by molar-refractivity contribution is 0.174. The SMILES string of the molecule is O=C(NCC(O)c1ccncc1)N(c1ccccc1)c1ccccc1. The van der Waals surface area contributed by atoms with Crippen molar-refractivity contribution in [2.24, 2.45) is 0 Å². The van der Waals surface area contributed by atoms with Crippen LogP contribution in [0.2, 0.25) is 0 Å². The molecule has 3 rings (SSSR count). The molecule has 0 aliphatic heterocycles. The first-order chi connectivity index (χ1) is 12.3. The molecule has 0 radical (unpaired) electrons. The number of hydrogen-bond acceptors (Lipinski definition) is 3. The molecule has 0 bridgehead atoms. The second-order valence-corrected chi connectivity index (χ2v) is 5.49. The minimum atomic E-state index is -0.791. The Balaban J connectivity index is 1.76. The number of carbonyl (C=O) groups excluding carboxylic acids is 1. The summed E-state index contributed by atoms with van der Waals surface area (Å²) >= 11 is 0. The molecule has 1 heterocycles. The molecule has 2 amide bonds. The zero-order valence-electron chi connectivity index (χ0n) is 13.6. The summed E-state index contributed by atoms with van der Waals surface area (Å²) in [7, 11) is 0. The van der Waals surface area contributed by atoms with Crippen LogP contribution in [0.25, 0.3) is 0 Å². The summed E-state index contributed by atoms with van der Waals surface area (Å²) in [5.41, 5.74) is 2.22. The van der Waals surface area contributed by atoms with Crippen molar-refractivity contribution in [2.45, 2.75) is 6.10 Å². The highest BCUT2D eigenvalue weighted by Gasteiger charge is 2.18. The first-order valence-electron chi connectivity index (χ1n) is 8.02. The molecule has 1 atom stereocenters. The van der Waals surface area contributed by atoms with Crippen LogP contribution in [-0.4, -0.2) is 22.7 Å². The van der Waals surface area contributed by atoms with Gasteiger partial charge in [-0.15, -0.1) is 0 Å². The third kappa shape index (κ3) is 4.22. The molecule has 5 nitrogen and oxygen atoms in total. The van der Waals surface area contributed by atoms with Gasteiger partial charge in [-0.05, 0) is 42.0 Å². The van der Waals surface area contributed by atoms with Crippen LogP contribution in [0.5, 0.6) is 0 Å². The summed E-state index contributed by atoms with van der Waals surface area (Å²) in [5.74, 6) is 0. The van der Waals surface area contributed by atoms with Gasteiger partial charge in [0.25, 0.3) is 0 Å². The van der Waals surface area contributed by atoms with E-state index in [1.165, 1.54) is 0 Å². The lowest BCUT2D eigenvalue weighted by atomic mass is 10.1. The van der Waals surface area contributed by atoms with Gasteiger partial charge >= 0.3 is 6.03 Å². The molecule has 0 saturated carbocycles. The molecule has 5 heteroatoms. The molecule has 2 N–H and O–H groups in total. The Morgan fingerprint density at radius 1 is 0.920 bits per heavy atom. The lowest BCUT2D eigenvalue weighted by Gasteiger charge is -2.24. The van der Waals surface area contributed by atoms with Gasteiger partial charge in [0.2, 0.25) is 0 Å². The summed E-state index contributed by atoms with van der Waals surface area (Å²) in [6.07, 6.45) is 2.43. The number of carbonyl (C=O) groups is 1. The molecular weight excluding hydrogens is 314 g/mol. The standard InChI is InChI=1S/C20H19N3O2/c24-19(16-11-13-21-14-12-16)15-22-20(25)23(17-7-3-1-4-8-17)18-9-5-2-6-10-18/h1-14,19,24H,15H2,(H,22,25). The molecule has 0 aliphatic carbocycles. The summed E-state index contributed by atoms with van der Waals surface area (Å²) in [5, 5.41) is 13.0. The molecular formula is C20H19N3O2. The van der Waals surface area contributed by atoms with Crippen molar-refractivity contribution in [2.75, 3.05) is 11.4 Å². The number of rotatable bonds is 5. The maximum Gasteiger partial charge on any atom is 0.326 e. The van der Waals surface area contributed by atoms with Gasteiger partial charge in [-0.2, -0.15) is 0 Å². The third-order valence-electron chi connectivity index (χ3n) is 3.77. The van der Waals surface area contributed by atoms with Crippen LogP contribution in [0, 0.1) is 0 Å². The molecule has 25 heavy (non-hydrogen) atoms. The fourth-order valence-electron chi connectivity index (χ4n) is 2.50. The number of amides is 2. The number of aliphatic hydroxyl groups excluding tert-OH is 1. The van der Waals surface area contributed by atoms with Gasteiger partial charge in [-0.3, -0.25) is 9.88 Å². The molecule has 126 valence electrons. The minimum Gasteiger partial charge on any atom is -0.387 e. The Morgan fingerprint density at radius 3 is 1.96 bits per heavy atom. The van der Waals surface area contributed by atoms with Gasteiger partial charge < -0.3 is 10.4 Å². The van der Waals surface area contributed by atoms with E-state index >= 15 is 0 Å². The van der Waals surface area contributed by atoms with Crippen molar-refractivity contribution in [1.82, 2.24) is 10.3 Å². The monoisotopic (exact) mass is 333 g/mol. The largest absolute Gasteiger partial charge is 0.387 e. The maximum absolute atomic E-state index is 12.8. The Kier molecular flexibility index (Phi) is 5.39. The van der Waals surface area contributed by atoms with Crippen molar-refractivity contribution >= 4 is 17.4 Å². The van der Waals surface area contributed by atoms with E-state index in [4.69, 9.17) is 0 Å². The van der Waals surface area contributed by atoms with Crippen LogP contribution < -0.4 is 10.2 Å². The van der Waals surface area contributed by atoms with Crippen molar-refractivity contribution < 1.29 is 9.90 Å². The van der Waals surface area contributed by atoms with E-state index in [0.717, 1.165) is 11.4 Å². The molecule has 0 spiro atoms. The number of urea groups is 1. The fourth-order valence-corrected chi connectivity index (χ4v) is 2.50. The number of aliphatic hydroxyl groups is 1. The third-order valence-corrected chi connectivity index (χ3v) is 3.77. The second kappa shape index (κ2) is 8.08. The summed E-state index contributed by atoms with van der Waals surface area (Å²) in [4.78, 5) is 18.3. The number of hydrogen-bond donors (Lipinski definition) is 2. The number of aromatic nitrogens is 1. The summed E-state index contributed by atoms with van der Waals surface area (Å²) in [6.45, 7) is 0.110. The normalized spacial score (nSPS) is 11.6. The first kappa shape index (κ1) is 16.7. The van der Waals surface area contributed by atoms with Gasteiger partial charge in [0.15, 0.2) is 0 Å². The Labute approximate surface area is 146 Å². The molecule has 2 aromatic carbocycles. The molecule has 1 unspecified atom stereocenters. The predicted molar refractivity (Wildman–Crippen MR) is 97.6 cm³/mol. The van der Waals surface area contributed by atoms with E-state index in [1.807, 2.05) is 60.7 Å². The second-order valence-electron chi connectivity index (χ2n) is 5.49. The molecule has 3 aromatic rings. The maximum atomic E-state index is 12.8. The lowest BCUT2D eigenvalue weighted by Crippen LogP contribution is -2.39. The topological polar surface area (TPSA) is 65.5 Å². The molecule has 0 fully saturated rings. The highest BCUT2D eigenvalue weighted by Crippen LogP contribution is 2.25. The average molecular weight is 333 g/mol. The van der Waals surface area contributed by atoms with Gasteiger partial charge in [0, 0.05) is 18.9 Å². The minimum absolute atomic E-state index is 0.110. The average Bonchev–Trinajstić information content (AvgIpc) is 2.69. The Bertz CT molecular complexity index is 755. The Morgan fingerprint density at radius 2 is 1.44 bits per heavy atom. The van der Waals surface area contributed by atoms with Crippen LogP contribution in [0.4, 0.5) is 16.2 Å². The van der Waals surface area contributed by atoms with Gasteiger partial charge in [-0.25, -0.2) is 4.79 Å². The van der Waals surface area contributed by atoms with Crippen LogP contribution in [0.15, 0.2) is 85.2 Å². The van der Waals surface area contributed by atoms with Crippen LogP contribution >= 0.6 is 0 Å². The number of pyridine rings is 1. The van der Waals surface area contributed by atoms with E-state index in [2.05, 4.69) is 10.3 Å². The smallest absolute Gasteiger partial charge is 0.326 e. The fraction of sp³-hybridized carbons (Fsp3) is 0.100. The zero-order valence-corrected chi connectivity index (χ0v) is 13.6. The predicted octanol–water partition coefficient (Wildman–Crippen LogP) is 3.66. The van der Waals surface area contributed by atoms with Crippen molar-refractivity contribution in [1.29, 1.82) is 0 Å². The number of nitrogens with zero attached hydrogens (tertiary/aromatic N) is 2. The zero-order chi connectivity index (χ0) is 17.5. The highest BCUT2D eigenvalue weighted by molar-refractivity contribution is 5.99. The van der Waals surface area contributed by atoms with Crippen LogP contribution in [0.1, 0.15) is 11.7 Å². The van der Waals surface area contributed by atoms with E-state index in [0.29, 0.717) is 5.56 Å². The quantitative estimate of drug-likeness (QED) is 0.749. The van der Waals surface area contributed by atoms with E-state index in [1.54, 1.807) is 29.4 Å².